The lowest BCUT2D eigenvalue weighted by atomic mass is 10.0. The number of halogens is 1. The number of carboxylic acid groups (broad SMARTS) is 1. The molecule has 0 saturated carbocycles. The normalized spacial score (nSPS) is 10.5. The Morgan fingerprint density at radius 1 is 1.33 bits per heavy atom. The summed E-state index contributed by atoms with van der Waals surface area (Å²) in [6, 6.07) is 3.26. The quantitative estimate of drug-likeness (QED) is 0.940. The molecule has 0 amide bonds. The number of nitrogens with zero attached hydrogens (tertiary/aromatic N) is 2. The van der Waals surface area contributed by atoms with Gasteiger partial charge in [-0.2, -0.15) is 5.10 Å². The van der Waals surface area contributed by atoms with Crippen molar-refractivity contribution in [2.45, 2.75) is 6.92 Å². The predicted molar refractivity (Wildman–Crippen MR) is 78.5 cm³/mol. The van der Waals surface area contributed by atoms with Crippen LogP contribution in [0.15, 0.2) is 12.1 Å². The van der Waals surface area contributed by atoms with Crippen LogP contribution in [0.2, 0.25) is 5.02 Å². The van der Waals surface area contributed by atoms with Crippen LogP contribution in [-0.4, -0.2) is 35.1 Å². The second-order valence-corrected chi connectivity index (χ2v) is 4.84. The lowest BCUT2D eigenvalue weighted by Gasteiger charge is -2.15. The molecular formula is C14H15ClN2O4. The zero-order valence-electron chi connectivity index (χ0n) is 12.1. The number of ether oxygens (including phenoxy) is 2. The number of aromatic carboxylic acids is 1. The maximum Gasteiger partial charge on any atom is 0.356 e. The van der Waals surface area contributed by atoms with E-state index in [1.54, 1.807) is 13.1 Å². The molecule has 0 unspecified atom stereocenters. The average Bonchev–Trinajstić information content (AvgIpc) is 2.80. The van der Waals surface area contributed by atoms with Crippen molar-refractivity contribution in [1.29, 1.82) is 0 Å². The van der Waals surface area contributed by atoms with Crippen molar-refractivity contribution in [1.82, 2.24) is 9.78 Å². The van der Waals surface area contributed by atoms with E-state index in [-0.39, 0.29) is 5.69 Å². The molecule has 0 fully saturated rings. The first kappa shape index (κ1) is 15.2. The number of hydrogen-bond acceptors (Lipinski definition) is 4. The summed E-state index contributed by atoms with van der Waals surface area (Å²) < 4.78 is 12.0. The first-order chi connectivity index (χ1) is 9.90. The molecule has 0 aliphatic carbocycles. The third-order valence-electron chi connectivity index (χ3n) is 3.16. The number of benzene rings is 1. The summed E-state index contributed by atoms with van der Waals surface area (Å²) in [5, 5.41) is 13.3. The van der Waals surface area contributed by atoms with Crippen LogP contribution in [0.3, 0.4) is 0 Å². The lowest BCUT2D eigenvalue weighted by molar-refractivity contribution is 0.0689. The monoisotopic (exact) mass is 310 g/mol. The highest BCUT2D eigenvalue weighted by molar-refractivity contribution is 6.35. The summed E-state index contributed by atoms with van der Waals surface area (Å²) in [4.78, 5) is 11.0. The van der Waals surface area contributed by atoms with E-state index >= 15 is 0 Å². The Balaban J connectivity index is 2.72. The first-order valence-electron chi connectivity index (χ1n) is 6.09. The fourth-order valence-electron chi connectivity index (χ4n) is 2.19. The minimum Gasteiger partial charge on any atom is -0.493 e. The highest BCUT2D eigenvalue weighted by atomic mass is 35.5. The highest BCUT2D eigenvalue weighted by Gasteiger charge is 2.21. The Morgan fingerprint density at radius 3 is 2.48 bits per heavy atom. The van der Waals surface area contributed by atoms with Crippen molar-refractivity contribution in [2.24, 2.45) is 7.05 Å². The largest absolute Gasteiger partial charge is 0.493 e. The molecule has 1 aromatic carbocycles. The second kappa shape index (κ2) is 5.65. The smallest absolute Gasteiger partial charge is 0.356 e. The Morgan fingerprint density at radius 2 is 2.00 bits per heavy atom. The zero-order chi connectivity index (χ0) is 15.7. The van der Waals surface area contributed by atoms with Gasteiger partial charge in [-0.15, -0.1) is 0 Å². The SMILES string of the molecule is COc1cc(C)c(-c2cc(C(=O)O)nn2C)c(Cl)c1OC. The standard InChI is InChI=1S/C14H15ClN2O4/c1-7-5-10(20-3)13(21-4)12(15)11(7)9-6-8(14(18)19)16-17(9)2/h5-6H,1-4H3,(H,18,19). The molecule has 6 nitrogen and oxygen atoms in total. The number of rotatable bonds is 4. The third kappa shape index (κ3) is 2.54. The Kier molecular flexibility index (Phi) is 4.09. The van der Waals surface area contributed by atoms with E-state index in [0.29, 0.717) is 27.8 Å². The van der Waals surface area contributed by atoms with Crippen LogP contribution in [0.4, 0.5) is 0 Å². The molecule has 0 bridgehead atoms. The summed E-state index contributed by atoms with van der Waals surface area (Å²) in [5.74, 6) is -0.173. The van der Waals surface area contributed by atoms with Crippen molar-refractivity contribution in [2.75, 3.05) is 14.2 Å². The van der Waals surface area contributed by atoms with Gasteiger partial charge in [0.2, 0.25) is 0 Å². The second-order valence-electron chi connectivity index (χ2n) is 4.46. The van der Waals surface area contributed by atoms with Crippen LogP contribution < -0.4 is 9.47 Å². The van der Waals surface area contributed by atoms with Gasteiger partial charge in [-0.05, 0) is 24.6 Å². The first-order valence-corrected chi connectivity index (χ1v) is 6.47. The number of hydrogen-bond donors (Lipinski definition) is 1. The van der Waals surface area contributed by atoms with Gasteiger partial charge in [0.15, 0.2) is 17.2 Å². The predicted octanol–water partition coefficient (Wildman–Crippen LogP) is 2.76. The van der Waals surface area contributed by atoms with Gasteiger partial charge >= 0.3 is 5.97 Å². The molecule has 112 valence electrons. The molecular weight excluding hydrogens is 296 g/mol. The topological polar surface area (TPSA) is 73.6 Å². The summed E-state index contributed by atoms with van der Waals surface area (Å²) in [6.45, 7) is 1.86. The molecule has 0 saturated heterocycles. The Bertz CT molecular complexity index is 709. The van der Waals surface area contributed by atoms with Gasteiger partial charge in [0.05, 0.1) is 24.9 Å². The van der Waals surface area contributed by atoms with Crippen LogP contribution in [0.25, 0.3) is 11.3 Å². The Hall–Kier alpha value is -2.21. The molecule has 0 aliphatic heterocycles. The summed E-state index contributed by atoms with van der Waals surface area (Å²) in [6.07, 6.45) is 0. The number of methoxy groups -OCH3 is 2. The molecule has 0 aliphatic rings. The van der Waals surface area contributed by atoms with Gasteiger partial charge in [0.25, 0.3) is 0 Å². The minimum absolute atomic E-state index is 0.0437. The van der Waals surface area contributed by atoms with E-state index in [1.165, 1.54) is 25.0 Å². The lowest BCUT2D eigenvalue weighted by Crippen LogP contribution is -2.00. The summed E-state index contributed by atoms with van der Waals surface area (Å²) >= 11 is 6.40. The maximum absolute atomic E-state index is 11.0. The molecule has 1 N–H and O–H groups in total. The van der Waals surface area contributed by atoms with Crippen LogP contribution in [0.1, 0.15) is 16.1 Å². The molecule has 7 heteroatoms. The van der Waals surface area contributed by atoms with Gasteiger partial charge in [-0.25, -0.2) is 4.79 Å². The highest BCUT2D eigenvalue weighted by Crippen LogP contribution is 2.44. The van der Waals surface area contributed by atoms with Gasteiger partial charge in [-0.1, -0.05) is 11.6 Å². The van der Waals surface area contributed by atoms with E-state index in [2.05, 4.69) is 5.10 Å². The molecule has 0 atom stereocenters. The third-order valence-corrected chi connectivity index (χ3v) is 3.52. The molecule has 1 aromatic heterocycles. The number of aromatic nitrogens is 2. The molecule has 1 heterocycles. The minimum atomic E-state index is -1.09. The number of aryl methyl sites for hydroxylation is 2. The van der Waals surface area contributed by atoms with E-state index in [9.17, 15) is 4.79 Å². The van der Waals surface area contributed by atoms with Crippen LogP contribution in [0, 0.1) is 6.92 Å². The Labute approximate surface area is 126 Å². The van der Waals surface area contributed by atoms with Crippen molar-refractivity contribution in [3.63, 3.8) is 0 Å². The summed E-state index contributed by atoms with van der Waals surface area (Å²) in [7, 11) is 4.68. The maximum atomic E-state index is 11.0. The van der Waals surface area contributed by atoms with Crippen LogP contribution >= 0.6 is 11.6 Å². The van der Waals surface area contributed by atoms with E-state index in [0.717, 1.165) is 5.56 Å². The van der Waals surface area contributed by atoms with E-state index < -0.39 is 5.97 Å². The molecule has 0 spiro atoms. The van der Waals surface area contributed by atoms with Gasteiger partial charge in [0, 0.05) is 12.6 Å². The molecule has 2 rings (SSSR count). The fraction of sp³-hybridized carbons (Fsp3) is 0.286. The average molecular weight is 311 g/mol. The van der Waals surface area contributed by atoms with Gasteiger partial charge in [-0.3, -0.25) is 4.68 Å². The van der Waals surface area contributed by atoms with Crippen molar-refractivity contribution >= 4 is 17.6 Å². The number of carbonyl (C=O) groups is 1. The summed E-state index contributed by atoms with van der Waals surface area (Å²) in [5.41, 5.74) is 2.04. The van der Waals surface area contributed by atoms with E-state index in [1.807, 2.05) is 6.92 Å². The zero-order valence-corrected chi connectivity index (χ0v) is 12.9. The molecule has 21 heavy (non-hydrogen) atoms. The van der Waals surface area contributed by atoms with Gasteiger partial charge < -0.3 is 14.6 Å². The van der Waals surface area contributed by atoms with Crippen molar-refractivity contribution in [3.8, 4) is 22.8 Å². The van der Waals surface area contributed by atoms with E-state index in [4.69, 9.17) is 26.2 Å². The van der Waals surface area contributed by atoms with Gasteiger partial charge in [0.1, 0.15) is 0 Å². The van der Waals surface area contributed by atoms with Crippen molar-refractivity contribution < 1.29 is 19.4 Å². The molecule has 2 aromatic rings. The van der Waals surface area contributed by atoms with Crippen LogP contribution in [-0.2, 0) is 7.05 Å². The van der Waals surface area contributed by atoms with Crippen molar-refractivity contribution in [3.05, 3.63) is 28.4 Å². The molecule has 0 radical (unpaired) electrons. The van der Waals surface area contributed by atoms with Crippen LogP contribution in [0.5, 0.6) is 11.5 Å². The number of carboxylic acids is 1. The fourth-order valence-corrected chi connectivity index (χ4v) is 2.61.